The van der Waals surface area contributed by atoms with Gasteiger partial charge in [0, 0.05) is 18.0 Å². The Bertz CT molecular complexity index is 645. The van der Waals surface area contributed by atoms with E-state index in [2.05, 4.69) is 31.3 Å². The minimum atomic E-state index is -0.286. The zero-order valence-corrected chi connectivity index (χ0v) is 12.8. The largest absolute Gasteiger partial charge is 0.352 e. The molecule has 0 saturated heterocycles. The first kappa shape index (κ1) is 16.0. The average Bonchev–Trinajstić information content (AvgIpc) is 2.53. The number of halogens is 1. The Morgan fingerprint density at radius 3 is 2.36 bits per heavy atom. The number of benzene rings is 2. The van der Waals surface area contributed by atoms with Crippen molar-refractivity contribution < 1.29 is 9.18 Å². The molecule has 2 rings (SSSR count). The Labute approximate surface area is 130 Å². The van der Waals surface area contributed by atoms with Crippen molar-refractivity contribution >= 4 is 12.0 Å². The van der Waals surface area contributed by atoms with Crippen LogP contribution >= 0.6 is 0 Å². The van der Waals surface area contributed by atoms with Gasteiger partial charge in [-0.15, -0.1) is 0 Å². The van der Waals surface area contributed by atoms with Crippen molar-refractivity contribution in [1.29, 1.82) is 0 Å². The third-order valence-corrected chi connectivity index (χ3v) is 3.56. The van der Waals surface area contributed by atoms with Crippen LogP contribution < -0.4 is 5.32 Å². The highest BCUT2D eigenvalue weighted by Gasteiger charge is 2.20. The molecule has 0 aliphatic rings. The number of amides is 1. The van der Waals surface area contributed by atoms with Crippen molar-refractivity contribution in [2.45, 2.75) is 19.3 Å². The smallest absolute Gasteiger partial charge is 0.244 e. The molecule has 1 amide bonds. The van der Waals surface area contributed by atoms with Crippen LogP contribution in [0, 0.1) is 5.82 Å². The second-order valence-corrected chi connectivity index (χ2v) is 5.85. The van der Waals surface area contributed by atoms with E-state index in [1.807, 2.05) is 18.2 Å². The monoisotopic (exact) mass is 297 g/mol. The van der Waals surface area contributed by atoms with E-state index in [9.17, 15) is 9.18 Å². The first-order valence-corrected chi connectivity index (χ1v) is 7.24. The highest BCUT2D eigenvalue weighted by molar-refractivity contribution is 5.91. The third-order valence-electron chi connectivity index (χ3n) is 3.56. The van der Waals surface area contributed by atoms with Crippen LogP contribution in [0.5, 0.6) is 0 Å². The molecule has 0 unspecified atom stereocenters. The maximum absolute atomic E-state index is 12.8. The summed E-state index contributed by atoms with van der Waals surface area (Å²) in [6.07, 6.45) is 3.14. The topological polar surface area (TPSA) is 29.1 Å². The van der Waals surface area contributed by atoms with Crippen molar-refractivity contribution in [3.8, 4) is 0 Å². The lowest BCUT2D eigenvalue weighted by molar-refractivity contribution is -0.116. The summed E-state index contributed by atoms with van der Waals surface area (Å²) in [5.74, 6) is -0.445. The van der Waals surface area contributed by atoms with E-state index in [1.165, 1.54) is 23.8 Å². The zero-order valence-electron chi connectivity index (χ0n) is 12.8. The van der Waals surface area contributed by atoms with Crippen LogP contribution in [0.15, 0.2) is 60.7 Å². The summed E-state index contributed by atoms with van der Waals surface area (Å²) in [7, 11) is 0. The average molecular weight is 297 g/mol. The van der Waals surface area contributed by atoms with Crippen LogP contribution in [0.1, 0.15) is 25.0 Å². The van der Waals surface area contributed by atoms with E-state index in [1.54, 1.807) is 18.2 Å². The van der Waals surface area contributed by atoms with Gasteiger partial charge in [0.05, 0.1) is 0 Å². The number of hydrogen-bond acceptors (Lipinski definition) is 1. The molecule has 0 radical (unpaired) electrons. The van der Waals surface area contributed by atoms with Gasteiger partial charge in [-0.1, -0.05) is 56.3 Å². The quantitative estimate of drug-likeness (QED) is 0.832. The lowest BCUT2D eigenvalue weighted by Gasteiger charge is -2.25. The molecule has 3 heteroatoms. The Kier molecular flexibility index (Phi) is 5.10. The molecule has 0 aromatic heterocycles. The third kappa shape index (κ3) is 4.55. The Morgan fingerprint density at radius 2 is 1.73 bits per heavy atom. The van der Waals surface area contributed by atoms with Crippen LogP contribution in [-0.4, -0.2) is 12.5 Å². The van der Waals surface area contributed by atoms with Crippen molar-refractivity contribution in [2.24, 2.45) is 0 Å². The molecule has 114 valence electrons. The van der Waals surface area contributed by atoms with Crippen molar-refractivity contribution in [3.63, 3.8) is 0 Å². The lowest BCUT2D eigenvalue weighted by Crippen LogP contribution is -2.35. The molecular weight excluding hydrogens is 277 g/mol. The molecule has 2 nitrogen and oxygen atoms in total. The maximum Gasteiger partial charge on any atom is 0.244 e. The molecule has 22 heavy (non-hydrogen) atoms. The lowest BCUT2D eigenvalue weighted by atomic mass is 9.84. The molecule has 2 aromatic rings. The fourth-order valence-corrected chi connectivity index (χ4v) is 2.10. The predicted molar refractivity (Wildman–Crippen MR) is 87.9 cm³/mol. The Hall–Kier alpha value is -2.42. The van der Waals surface area contributed by atoms with Crippen molar-refractivity contribution in [3.05, 3.63) is 77.6 Å². The molecule has 2 aromatic carbocycles. The zero-order chi connectivity index (χ0) is 16.0. The summed E-state index contributed by atoms with van der Waals surface area (Å²) in [5.41, 5.74) is 1.83. The highest BCUT2D eigenvalue weighted by Crippen LogP contribution is 2.21. The molecule has 0 aliphatic heterocycles. The molecule has 0 spiro atoms. The maximum atomic E-state index is 12.8. The van der Waals surface area contributed by atoms with Gasteiger partial charge in [-0.05, 0) is 29.3 Å². The SMILES string of the molecule is CC(C)(CNC(=O)/C=C/c1ccc(F)cc1)c1ccccc1. The summed E-state index contributed by atoms with van der Waals surface area (Å²) >= 11 is 0. The van der Waals surface area contributed by atoms with Gasteiger partial charge >= 0.3 is 0 Å². The second-order valence-electron chi connectivity index (χ2n) is 5.85. The molecule has 0 atom stereocenters. The number of nitrogens with one attached hydrogen (secondary N) is 1. The second kappa shape index (κ2) is 7.03. The van der Waals surface area contributed by atoms with Gasteiger partial charge in [0.25, 0.3) is 0 Å². The minimum absolute atomic E-state index is 0.138. The standard InChI is InChI=1S/C19H20FNO/c1-19(2,16-6-4-3-5-7-16)14-21-18(22)13-10-15-8-11-17(20)12-9-15/h3-13H,14H2,1-2H3,(H,21,22)/b13-10+. The first-order valence-electron chi connectivity index (χ1n) is 7.24. The summed E-state index contributed by atoms with van der Waals surface area (Å²) in [4.78, 5) is 11.9. The number of hydrogen-bond donors (Lipinski definition) is 1. The molecular formula is C19H20FNO. The summed E-state index contributed by atoms with van der Waals surface area (Å²) in [5, 5.41) is 2.90. The highest BCUT2D eigenvalue weighted by atomic mass is 19.1. The van der Waals surface area contributed by atoms with Gasteiger partial charge in [-0.2, -0.15) is 0 Å². The van der Waals surface area contributed by atoms with E-state index in [-0.39, 0.29) is 17.1 Å². The van der Waals surface area contributed by atoms with Gasteiger partial charge in [-0.3, -0.25) is 4.79 Å². The Balaban J connectivity index is 1.91. The normalized spacial score (nSPS) is 11.6. The van der Waals surface area contributed by atoms with Gasteiger partial charge in [-0.25, -0.2) is 4.39 Å². The fraction of sp³-hybridized carbons (Fsp3) is 0.211. The molecule has 0 saturated carbocycles. The van der Waals surface area contributed by atoms with E-state index in [0.717, 1.165) is 5.56 Å². The summed E-state index contributed by atoms with van der Waals surface area (Å²) in [6, 6.07) is 16.1. The summed E-state index contributed by atoms with van der Waals surface area (Å²) in [6.45, 7) is 4.72. The van der Waals surface area contributed by atoms with Crippen molar-refractivity contribution in [1.82, 2.24) is 5.32 Å². The van der Waals surface area contributed by atoms with E-state index < -0.39 is 0 Å². The van der Waals surface area contributed by atoms with E-state index >= 15 is 0 Å². The van der Waals surface area contributed by atoms with Crippen molar-refractivity contribution in [2.75, 3.05) is 6.54 Å². The van der Waals surface area contributed by atoms with E-state index in [0.29, 0.717) is 6.54 Å². The van der Waals surface area contributed by atoms with Gasteiger partial charge in [0.2, 0.25) is 5.91 Å². The van der Waals surface area contributed by atoms with Crippen LogP contribution in [0.25, 0.3) is 6.08 Å². The Morgan fingerprint density at radius 1 is 1.09 bits per heavy atom. The molecule has 0 bridgehead atoms. The van der Waals surface area contributed by atoms with Crippen LogP contribution in [0.4, 0.5) is 4.39 Å². The van der Waals surface area contributed by atoms with Crippen LogP contribution in [0.2, 0.25) is 0 Å². The van der Waals surface area contributed by atoms with Gasteiger partial charge in [0.15, 0.2) is 0 Å². The van der Waals surface area contributed by atoms with Gasteiger partial charge in [0.1, 0.15) is 5.82 Å². The fourth-order valence-electron chi connectivity index (χ4n) is 2.10. The predicted octanol–water partition coefficient (Wildman–Crippen LogP) is 3.93. The van der Waals surface area contributed by atoms with E-state index in [4.69, 9.17) is 0 Å². The first-order chi connectivity index (χ1) is 10.5. The minimum Gasteiger partial charge on any atom is -0.352 e. The van der Waals surface area contributed by atoms with Crippen LogP contribution in [-0.2, 0) is 10.2 Å². The molecule has 0 fully saturated rings. The van der Waals surface area contributed by atoms with Gasteiger partial charge < -0.3 is 5.32 Å². The summed E-state index contributed by atoms with van der Waals surface area (Å²) < 4.78 is 12.8. The van der Waals surface area contributed by atoms with Crippen LogP contribution in [0.3, 0.4) is 0 Å². The number of carbonyl (C=O) groups excluding carboxylic acids is 1. The number of rotatable bonds is 5. The molecule has 1 N–H and O–H groups in total. The molecule has 0 aliphatic carbocycles. The molecule has 0 heterocycles. The number of carbonyl (C=O) groups is 1.